The molecule has 27 heavy (non-hydrogen) atoms. The third-order valence-electron chi connectivity index (χ3n) is 5.82. The third kappa shape index (κ3) is 4.31. The molecule has 1 aromatic carbocycles. The second-order valence-electron chi connectivity index (χ2n) is 7.63. The molecule has 0 atom stereocenters. The first-order valence-corrected chi connectivity index (χ1v) is 9.86. The minimum absolute atomic E-state index is 0.00734. The van der Waals surface area contributed by atoms with Crippen molar-refractivity contribution in [1.82, 2.24) is 14.5 Å². The Kier molecular flexibility index (Phi) is 5.41. The summed E-state index contributed by atoms with van der Waals surface area (Å²) in [4.78, 5) is 18.9. The highest BCUT2D eigenvalue weighted by Gasteiger charge is 2.27. The van der Waals surface area contributed by atoms with Crippen LogP contribution in [0.2, 0.25) is 0 Å². The number of likely N-dealkylation sites (tertiary alicyclic amines) is 1. The summed E-state index contributed by atoms with van der Waals surface area (Å²) < 4.78 is 20.7. The quantitative estimate of drug-likeness (QED) is 0.779. The molecule has 4 rings (SSSR count). The van der Waals surface area contributed by atoms with E-state index in [4.69, 9.17) is 4.74 Å². The van der Waals surface area contributed by atoms with Gasteiger partial charge in [-0.2, -0.15) is 0 Å². The predicted octanol–water partition coefficient (Wildman–Crippen LogP) is 3.61. The smallest absolute Gasteiger partial charge is 0.260 e. The van der Waals surface area contributed by atoms with Crippen LogP contribution in [0.5, 0.6) is 5.75 Å². The van der Waals surface area contributed by atoms with Gasteiger partial charge >= 0.3 is 0 Å². The fourth-order valence-electron chi connectivity index (χ4n) is 3.94. The van der Waals surface area contributed by atoms with Crippen LogP contribution in [-0.2, 0) is 11.3 Å². The molecule has 0 bridgehead atoms. The first-order valence-electron chi connectivity index (χ1n) is 9.86. The van der Waals surface area contributed by atoms with Crippen LogP contribution in [0.25, 0.3) is 0 Å². The van der Waals surface area contributed by atoms with Crippen LogP contribution in [-0.4, -0.2) is 40.1 Å². The summed E-state index contributed by atoms with van der Waals surface area (Å²) in [7, 11) is 0. The van der Waals surface area contributed by atoms with Gasteiger partial charge in [0.2, 0.25) is 0 Å². The Hall–Kier alpha value is -2.37. The van der Waals surface area contributed by atoms with E-state index in [1.807, 2.05) is 11.1 Å². The van der Waals surface area contributed by atoms with Gasteiger partial charge in [0, 0.05) is 37.9 Å². The lowest BCUT2D eigenvalue weighted by Crippen LogP contribution is -2.41. The van der Waals surface area contributed by atoms with E-state index in [2.05, 4.69) is 15.7 Å². The highest BCUT2D eigenvalue weighted by Crippen LogP contribution is 2.31. The highest BCUT2D eigenvalue weighted by molar-refractivity contribution is 5.77. The van der Waals surface area contributed by atoms with Gasteiger partial charge in [0.25, 0.3) is 5.91 Å². The number of amides is 1. The van der Waals surface area contributed by atoms with Gasteiger partial charge in [0.05, 0.1) is 0 Å². The van der Waals surface area contributed by atoms with Crippen molar-refractivity contribution in [2.45, 2.75) is 44.6 Å². The molecule has 2 fully saturated rings. The summed E-state index contributed by atoms with van der Waals surface area (Å²) in [6.45, 7) is 2.53. The van der Waals surface area contributed by atoms with Crippen molar-refractivity contribution in [1.29, 1.82) is 0 Å². The number of imidazole rings is 1. The summed E-state index contributed by atoms with van der Waals surface area (Å²) in [5.74, 6) is 2.58. The summed E-state index contributed by atoms with van der Waals surface area (Å²) in [5, 5.41) is 0. The molecule has 6 heteroatoms. The molecule has 0 spiro atoms. The molecule has 2 aliphatic rings. The number of carbonyl (C=O) groups is 1. The number of halogens is 1. The molecular weight excluding hydrogens is 345 g/mol. The maximum atomic E-state index is 12.9. The minimum atomic E-state index is -0.314. The standard InChI is InChI=1S/C21H26FN3O2/c22-18-4-6-19(7-5-18)27-15-20(26)24-11-8-17(9-12-24)21-23-10-13-25(21)14-16-2-1-3-16/h4-7,10,13,16-17H,1-3,8-9,11-12,14-15H2. The van der Waals surface area contributed by atoms with Crippen molar-refractivity contribution < 1.29 is 13.9 Å². The van der Waals surface area contributed by atoms with Crippen molar-refractivity contribution >= 4 is 5.91 Å². The molecule has 1 amide bonds. The molecular formula is C21H26FN3O2. The molecule has 1 saturated heterocycles. The Morgan fingerprint density at radius 2 is 1.89 bits per heavy atom. The molecule has 0 radical (unpaired) electrons. The molecule has 0 N–H and O–H groups in total. The van der Waals surface area contributed by atoms with E-state index in [0.717, 1.165) is 38.4 Å². The highest BCUT2D eigenvalue weighted by atomic mass is 19.1. The number of carbonyl (C=O) groups excluding carboxylic acids is 1. The van der Waals surface area contributed by atoms with Crippen LogP contribution in [0.4, 0.5) is 4.39 Å². The van der Waals surface area contributed by atoms with Crippen LogP contribution in [0.3, 0.4) is 0 Å². The molecule has 1 saturated carbocycles. The van der Waals surface area contributed by atoms with Gasteiger partial charge in [0.1, 0.15) is 17.4 Å². The number of hydrogen-bond donors (Lipinski definition) is 0. The second-order valence-corrected chi connectivity index (χ2v) is 7.63. The summed E-state index contributed by atoms with van der Waals surface area (Å²) in [6, 6.07) is 5.74. The fourth-order valence-corrected chi connectivity index (χ4v) is 3.94. The second kappa shape index (κ2) is 8.11. The normalized spacial score (nSPS) is 18.3. The van der Waals surface area contributed by atoms with Crippen LogP contribution in [0.1, 0.15) is 43.8 Å². The Morgan fingerprint density at radius 1 is 1.15 bits per heavy atom. The average Bonchev–Trinajstić information content (AvgIpc) is 3.12. The molecule has 5 nitrogen and oxygen atoms in total. The number of benzene rings is 1. The van der Waals surface area contributed by atoms with Gasteiger partial charge in [-0.25, -0.2) is 9.37 Å². The molecule has 2 heterocycles. The number of nitrogens with zero attached hydrogens (tertiary/aromatic N) is 3. The van der Waals surface area contributed by atoms with E-state index in [1.165, 1.54) is 49.4 Å². The number of hydrogen-bond acceptors (Lipinski definition) is 3. The van der Waals surface area contributed by atoms with E-state index >= 15 is 0 Å². The number of rotatable bonds is 6. The van der Waals surface area contributed by atoms with Gasteiger partial charge in [0.15, 0.2) is 6.61 Å². The van der Waals surface area contributed by atoms with E-state index in [9.17, 15) is 9.18 Å². The number of ether oxygens (including phenoxy) is 1. The Bertz CT molecular complexity index is 762. The van der Waals surface area contributed by atoms with E-state index < -0.39 is 0 Å². The molecule has 2 aromatic rings. The molecule has 0 unspecified atom stereocenters. The van der Waals surface area contributed by atoms with Crippen LogP contribution in [0.15, 0.2) is 36.7 Å². The van der Waals surface area contributed by atoms with Crippen molar-refractivity contribution in [3.63, 3.8) is 0 Å². The zero-order valence-electron chi connectivity index (χ0n) is 15.5. The van der Waals surface area contributed by atoms with Gasteiger partial charge in [-0.15, -0.1) is 0 Å². The van der Waals surface area contributed by atoms with Crippen LogP contribution in [0, 0.1) is 11.7 Å². The Balaban J connectivity index is 1.26. The number of aromatic nitrogens is 2. The zero-order valence-corrected chi connectivity index (χ0v) is 15.5. The lowest BCUT2D eigenvalue weighted by molar-refractivity contribution is -0.134. The van der Waals surface area contributed by atoms with Crippen molar-refractivity contribution in [2.75, 3.05) is 19.7 Å². The summed E-state index contributed by atoms with van der Waals surface area (Å²) in [5.41, 5.74) is 0. The van der Waals surface area contributed by atoms with Crippen molar-refractivity contribution in [3.05, 3.63) is 48.3 Å². The molecule has 1 aliphatic heterocycles. The molecule has 144 valence electrons. The molecule has 1 aliphatic carbocycles. The average molecular weight is 371 g/mol. The monoisotopic (exact) mass is 371 g/mol. The van der Waals surface area contributed by atoms with E-state index in [-0.39, 0.29) is 18.3 Å². The van der Waals surface area contributed by atoms with Gasteiger partial charge in [-0.05, 0) is 55.9 Å². The van der Waals surface area contributed by atoms with Gasteiger partial charge in [-0.1, -0.05) is 6.42 Å². The van der Waals surface area contributed by atoms with Crippen molar-refractivity contribution in [2.24, 2.45) is 5.92 Å². The minimum Gasteiger partial charge on any atom is -0.484 e. The maximum absolute atomic E-state index is 12.9. The lowest BCUT2D eigenvalue weighted by atomic mass is 9.85. The molecule has 1 aromatic heterocycles. The van der Waals surface area contributed by atoms with Crippen LogP contribution >= 0.6 is 0 Å². The summed E-state index contributed by atoms with van der Waals surface area (Å²) in [6.07, 6.45) is 9.89. The van der Waals surface area contributed by atoms with E-state index in [0.29, 0.717) is 11.7 Å². The van der Waals surface area contributed by atoms with E-state index in [1.54, 1.807) is 0 Å². The lowest BCUT2D eigenvalue weighted by Gasteiger charge is -2.33. The number of piperidine rings is 1. The largest absolute Gasteiger partial charge is 0.484 e. The zero-order chi connectivity index (χ0) is 18.6. The maximum Gasteiger partial charge on any atom is 0.260 e. The topological polar surface area (TPSA) is 47.4 Å². The third-order valence-corrected chi connectivity index (χ3v) is 5.82. The van der Waals surface area contributed by atoms with Crippen LogP contribution < -0.4 is 4.74 Å². The Morgan fingerprint density at radius 3 is 2.56 bits per heavy atom. The first kappa shape index (κ1) is 18.0. The Labute approximate surface area is 159 Å². The fraction of sp³-hybridized carbons (Fsp3) is 0.524. The first-order chi connectivity index (χ1) is 13.2. The van der Waals surface area contributed by atoms with Crippen molar-refractivity contribution in [3.8, 4) is 5.75 Å². The summed E-state index contributed by atoms with van der Waals surface area (Å²) >= 11 is 0. The predicted molar refractivity (Wildman–Crippen MR) is 100 cm³/mol. The SMILES string of the molecule is O=C(COc1ccc(F)cc1)N1CCC(c2nccn2CC2CCC2)CC1. The van der Waals surface area contributed by atoms with Gasteiger partial charge in [-0.3, -0.25) is 4.79 Å². The van der Waals surface area contributed by atoms with Gasteiger partial charge < -0.3 is 14.2 Å².